The number of carbonyl (C=O) groups is 1. The molecule has 1 fully saturated rings. The van der Waals surface area contributed by atoms with Crippen LogP contribution in [0.1, 0.15) is 26.7 Å². The highest BCUT2D eigenvalue weighted by atomic mass is 35.5. The van der Waals surface area contributed by atoms with E-state index in [0.29, 0.717) is 24.4 Å². The largest absolute Gasteiger partial charge is 0.361 e. The zero-order chi connectivity index (χ0) is 20.2. The van der Waals surface area contributed by atoms with E-state index < -0.39 is 0 Å². The molecular formula is C20H21ClN4O2S2. The SMILES string of the molecule is Cc1cc(CSc2ncccc2C(=O)N2CCN(Cc3ccc(Cl)s3)CC2)no1. The van der Waals surface area contributed by atoms with Crippen LogP contribution in [0.25, 0.3) is 0 Å². The molecule has 0 N–H and O–H groups in total. The Kier molecular flexibility index (Phi) is 6.54. The standard InChI is InChI=1S/C20H21ClN4O2S2/c1-14-11-15(23-27-14)13-28-19-17(3-2-6-22-19)20(26)25-9-7-24(8-10-25)12-16-4-5-18(21)29-16/h2-6,11H,7-10,12-13H2,1H3. The van der Waals surface area contributed by atoms with Gasteiger partial charge in [0.25, 0.3) is 5.91 Å². The summed E-state index contributed by atoms with van der Waals surface area (Å²) in [5.74, 6) is 1.43. The number of halogens is 1. The van der Waals surface area contributed by atoms with Gasteiger partial charge in [0.05, 0.1) is 15.6 Å². The molecule has 1 amide bonds. The Morgan fingerprint density at radius 2 is 2.10 bits per heavy atom. The number of nitrogens with zero attached hydrogens (tertiary/aromatic N) is 4. The summed E-state index contributed by atoms with van der Waals surface area (Å²) in [5.41, 5.74) is 1.50. The number of rotatable bonds is 6. The van der Waals surface area contributed by atoms with Gasteiger partial charge in [0.1, 0.15) is 10.8 Å². The number of aromatic nitrogens is 2. The van der Waals surface area contributed by atoms with Crippen molar-refractivity contribution < 1.29 is 9.32 Å². The van der Waals surface area contributed by atoms with Gasteiger partial charge in [-0.25, -0.2) is 4.98 Å². The Balaban J connectivity index is 1.36. The first-order chi connectivity index (χ1) is 14.1. The number of pyridine rings is 1. The molecule has 0 aromatic carbocycles. The Hall–Kier alpha value is -1.87. The number of aryl methyl sites for hydroxylation is 1. The summed E-state index contributed by atoms with van der Waals surface area (Å²) in [5, 5.41) is 4.74. The molecular weight excluding hydrogens is 428 g/mol. The molecule has 0 bridgehead atoms. The molecule has 0 spiro atoms. The van der Waals surface area contributed by atoms with E-state index in [2.05, 4.69) is 21.1 Å². The first kappa shape index (κ1) is 20.4. The van der Waals surface area contributed by atoms with E-state index in [1.807, 2.05) is 36.1 Å². The van der Waals surface area contributed by atoms with Gasteiger partial charge >= 0.3 is 0 Å². The van der Waals surface area contributed by atoms with Gasteiger partial charge in [-0.1, -0.05) is 28.5 Å². The second-order valence-electron chi connectivity index (χ2n) is 6.85. The third-order valence-corrected chi connectivity index (χ3v) is 6.96. The summed E-state index contributed by atoms with van der Waals surface area (Å²) >= 11 is 9.14. The van der Waals surface area contributed by atoms with Crippen LogP contribution in [-0.4, -0.2) is 52.0 Å². The maximum Gasteiger partial charge on any atom is 0.256 e. The summed E-state index contributed by atoms with van der Waals surface area (Å²) in [7, 11) is 0. The topological polar surface area (TPSA) is 62.5 Å². The molecule has 0 unspecified atom stereocenters. The van der Waals surface area contributed by atoms with Gasteiger partial charge in [-0.15, -0.1) is 11.3 Å². The normalized spacial score (nSPS) is 15.0. The molecule has 1 aliphatic rings. The Bertz CT molecular complexity index is 982. The number of hydrogen-bond acceptors (Lipinski definition) is 7. The number of piperazine rings is 1. The molecule has 3 aromatic heterocycles. The van der Waals surface area contributed by atoms with Gasteiger partial charge in [-0.2, -0.15) is 0 Å². The molecule has 0 radical (unpaired) electrons. The zero-order valence-corrected chi connectivity index (χ0v) is 18.4. The smallest absolute Gasteiger partial charge is 0.256 e. The fraction of sp³-hybridized carbons (Fsp3) is 0.350. The molecule has 1 aliphatic heterocycles. The van der Waals surface area contributed by atoms with E-state index in [9.17, 15) is 4.79 Å². The predicted molar refractivity (Wildman–Crippen MR) is 116 cm³/mol. The highest BCUT2D eigenvalue weighted by molar-refractivity contribution is 7.98. The van der Waals surface area contributed by atoms with Crippen molar-refractivity contribution in [2.24, 2.45) is 0 Å². The Labute approximate surface area is 182 Å². The van der Waals surface area contributed by atoms with Crippen molar-refractivity contribution in [1.82, 2.24) is 19.9 Å². The third-order valence-electron chi connectivity index (χ3n) is 4.70. The molecule has 152 valence electrons. The highest BCUT2D eigenvalue weighted by Gasteiger charge is 2.24. The quantitative estimate of drug-likeness (QED) is 0.522. The van der Waals surface area contributed by atoms with Crippen LogP contribution in [0.5, 0.6) is 0 Å². The van der Waals surface area contributed by atoms with E-state index in [1.54, 1.807) is 17.5 Å². The second-order valence-corrected chi connectivity index (χ2v) is 9.61. The lowest BCUT2D eigenvalue weighted by Crippen LogP contribution is -2.48. The van der Waals surface area contributed by atoms with Gasteiger partial charge in [-0.3, -0.25) is 9.69 Å². The Morgan fingerprint density at radius 1 is 1.28 bits per heavy atom. The van der Waals surface area contributed by atoms with Gasteiger partial charge in [0.2, 0.25) is 0 Å². The number of amides is 1. The summed E-state index contributed by atoms with van der Waals surface area (Å²) in [4.78, 5) is 23.1. The molecule has 4 rings (SSSR count). The molecule has 4 heterocycles. The summed E-state index contributed by atoms with van der Waals surface area (Å²) in [6.07, 6.45) is 1.72. The number of thiophene rings is 1. The second kappa shape index (κ2) is 9.30. The van der Waals surface area contributed by atoms with Crippen LogP contribution in [-0.2, 0) is 12.3 Å². The minimum Gasteiger partial charge on any atom is -0.361 e. The van der Waals surface area contributed by atoms with Crippen molar-refractivity contribution in [2.45, 2.75) is 24.2 Å². The van der Waals surface area contributed by atoms with E-state index in [-0.39, 0.29) is 5.91 Å². The molecule has 0 saturated carbocycles. The maximum atomic E-state index is 13.1. The van der Waals surface area contributed by atoms with Gasteiger partial charge in [-0.05, 0) is 31.2 Å². The summed E-state index contributed by atoms with van der Waals surface area (Å²) in [6, 6.07) is 9.57. The number of hydrogen-bond donors (Lipinski definition) is 0. The van der Waals surface area contributed by atoms with E-state index in [0.717, 1.165) is 40.5 Å². The van der Waals surface area contributed by atoms with Crippen molar-refractivity contribution in [3.05, 3.63) is 62.8 Å². The lowest BCUT2D eigenvalue weighted by molar-refractivity contribution is 0.0625. The zero-order valence-electron chi connectivity index (χ0n) is 16.0. The van der Waals surface area contributed by atoms with Crippen molar-refractivity contribution in [3.63, 3.8) is 0 Å². The van der Waals surface area contributed by atoms with Crippen LogP contribution in [0.2, 0.25) is 4.34 Å². The molecule has 3 aromatic rings. The van der Waals surface area contributed by atoms with Gasteiger partial charge < -0.3 is 9.42 Å². The third kappa shape index (κ3) is 5.19. The predicted octanol–water partition coefficient (Wildman–Crippen LogP) is 4.34. The van der Waals surface area contributed by atoms with Crippen LogP contribution in [0, 0.1) is 6.92 Å². The van der Waals surface area contributed by atoms with E-state index in [1.165, 1.54) is 16.6 Å². The Morgan fingerprint density at radius 3 is 2.79 bits per heavy atom. The van der Waals surface area contributed by atoms with Crippen LogP contribution >= 0.6 is 34.7 Å². The highest BCUT2D eigenvalue weighted by Crippen LogP contribution is 2.26. The number of thioether (sulfide) groups is 1. The lowest BCUT2D eigenvalue weighted by Gasteiger charge is -2.34. The van der Waals surface area contributed by atoms with Crippen molar-refractivity contribution in [3.8, 4) is 0 Å². The van der Waals surface area contributed by atoms with Crippen molar-refractivity contribution in [2.75, 3.05) is 26.2 Å². The molecule has 0 atom stereocenters. The van der Waals surface area contributed by atoms with E-state index in [4.69, 9.17) is 16.1 Å². The average Bonchev–Trinajstić information content (AvgIpc) is 3.34. The maximum absolute atomic E-state index is 13.1. The van der Waals surface area contributed by atoms with E-state index >= 15 is 0 Å². The first-order valence-electron chi connectivity index (χ1n) is 9.34. The molecule has 6 nitrogen and oxygen atoms in total. The van der Waals surface area contributed by atoms with Crippen LogP contribution < -0.4 is 0 Å². The molecule has 29 heavy (non-hydrogen) atoms. The van der Waals surface area contributed by atoms with Crippen molar-refractivity contribution in [1.29, 1.82) is 0 Å². The average molecular weight is 449 g/mol. The monoisotopic (exact) mass is 448 g/mol. The summed E-state index contributed by atoms with van der Waals surface area (Å²) < 4.78 is 5.93. The van der Waals surface area contributed by atoms with Crippen molar-refractivity contribution >= 4 is 40.6 Å². The van der Waals surface area contributed by atoms with Gasteiger partial charge in [0.15, 0.2) is 0 Å². The van der Waals surface area contributed by atoms with Crippen LogP contribution in [0.3, 0.4) is 0 Å². The fourth-order valence-corrected chi connectivity index (χ4v) is 5.23. The summed E-state index contributed by atoms with van der Waals surface area (Å²) in [6.45, 7) is 5.86. The first-order valence-corrected chi connectivity index (χ1v) is 11.5. The van der Waals surface area contributed by atoms with Crippen LogP contribution in [0.4, 0.5) is 0 Å². The fourth-order valence-electron chi connectivity index (χ4n) is 3.23. The minimum atomic E-state index is 0.0377. The molecule has 1 saturated heterocycles. The lowest BCUT2D eigenvalue weighted by atomic mass is 10.2. The minimum absolute atomic E-state index is 0.0377. The number of carbonyl (C=O) groups excluding carboxylic acids is 1. The van der Waals surface area contributed by atoms with Gasteiger partial charge in [0, 0.05) is 55.6 Å². The van der Waals surface area contributed by atoms with Crippen LogP contribution in [0.15, 0.2) is 46.1 Å². The molecule has 0 aliphatic carbocycles. The molecule has 9 heteroatoms.